The summed E-state index contributed by atoms with van der Waals surface area (Å²) in [5.41, 5.74) is 2.09. The van der Waals surface area contributed by atoms with Crippen molar-refractivity contribution in [2.45, 2.75) is 37.8 Å². The van der Waals surface area contributed by atoms with E-state index >= 15 is 0 Å². The molecule has 0 N–H and O–H groups in total. The van der Waals surface area contributed by atoms with Crippen LogP contribution in [-0.2, 0) is 27.8 Å². The van der Waals surface area contributed by atoms with Gasteiger partial charge in [0, 0.05) is 62.0 Å². The van der Waals surface area contributed by atoms with Crippen LogP contribution in [0.4, 0.5) is 10.1 Å². The van der Waals surface area contributed by atoms with Gasteiger partial charge in [0.2, 0.25) is 15.9 Å². The number of hydrogen-bond acceptors (Lipinski definition) is 4. The molecule has 2 aliphatic rings. The molecule has 0 aliphatic carbocycles. The number of fused-ring (bicyclic) bond motifs is 1. The number of rotatable bonds is 4. The zero-order valence-corrected chi connectivity index (χ0v) is 19.1. The fourth-order valence-corrected chi connectivity index (χ4v) is 6.13. The fraction of sp³-hybridized carbons (Fsp3) is 0.409. The van der Waals surface area contributed by atoms with Gasteiger partial charge in [0.15, 0.2) is 0 Å². The summed E-state index contributed by atoms with van der Waals surface area (Å²) in [4.78, 5) is 15.9. The predicted molar refractivity (Wildman–Crippen MR) is 118 cm³/mol. The van der Waals surface area contributed by atoms with Crippen molar-refractivity contribution in [1.29, 1.82) is 0 Å². The summed E-state index contributed by atoms with van der Waals surface area (Å²) < 4.78 is 41.9. The van der Waals surface area contributed by atoms with Crippen molar-refractivity contribution in [3.63, 3.8) is 0 Å². The van der Waals surface area contributed by atoms with Crippen LogP contribution >= 0.6 is 11.6 Å². The largest absolute Gasteiger partial charge is 0.309 e. The van der Waals surface area contributed by atoms with Crippen LogP contribution < -0.4 is 4.90 Å². The van der Waals surface area contributed by atoms with Gasteiger partial charge < -0.3 is 4.90 Å². The molecule has 6 nitrogen and oxygen atoms in total. The van der Waals surface area contributed by atoms with Gasteiger partial charge in [-0.25, -0.2) is 12.8 Å². The number of amides is 1. The average Bonchev–Trinajstić information content (AvgIpc) is 3.06. The van der Waals surface area contributed by atoms with E-state index in [9.17, 15) is 17.6 Å². The third-order valence-electron chi connectivity index (χ3n) is 6.02. The van der Waals surface area contributed by atoms with Crippen LogP contribution in [0.2, 0.25) is 5.02 Å². The highest BCUT2D eigenvalue weighted by Gasteiger charge is 2.33. The lowest BCUT2D eigenvalue weighted by Crippen LogP contribution is -2.48. The summed E-state index contributed by atoms with van der Waals surface area (Å²) in [6.45, 7) is 5.44. The second-order valence-electron chi connectivity index (χ2n) is 8.11. The van der Waals surface area contributed by atoms with Crippen molar-refractivity contribution in [3.8, 4) is 0 Å². The summed E-state index contributed by atoms with van der Waals surface area (Å²) in [7, 11) is -3.65. The van der Waals surface area contributed by atoms with Gasteiger partial charge in [-0.05, 0) is 49.2 Å². The maximum absolute atomic E-state index is 14.1. The summed E-state index contributed by atoms with van der Waals surface area (Å²) in [5, 5.41) is 0.377. The Hall–Kier alpha value is -2.00. The second kappa shape index (κ2) is 8.50. The van der Waals surface area contributed by atoms with Crippen molar-refractivity contribution in [1.82, 2.24) is 9.21 Å². The van der Waals surface area contributed by atoms with Gasteiger partial charge in [-0.3, -0.25) is 9.69 Å². The molecular formula is C22H25ClFN3O3S. The molecular weight excluding hydrogens is 441 g/mol. The van der Waals surface area contributed by atoms with E-state index in [1.54, 1.807) is 35.2 Å². The Balaban J connectivity index is 1.47. The van der Waals surface area contributed by atoms with Gasteiger partial charge in [0.1, 0.15) is 5.82 Å². The molecule has 0 bridgehead atoms. The van der Waals surface area contributed by atoms with Crippen molar-refractivity contribution in [3.05, 3.63) is 58.4 Å². The highest BCUT2D eigenvalue weighted by molar-refractivity contribution is 7.89. The number of benzene rings is 2. The minimum atomic E-state index is -3.65. The number of nitrogens with zero attached hydrogens (tertiary/aromatic N) is 3. The Morgan fingerprint density at radius 1 is 1.16 bits per heavy atom. The summed E-state index contributed by atoms with van der Waals surface area (Å²) in [6.07, 6.45) is 0.634. The summed E-state index contributed by atoms with van der Waals surface area (Å²) in [5.74, 6) is -0.400. The standard InChI is InChI=1S/C22H25ClFN3O3S/c1-15-12-17-13-18(6-7-22(17)27(15)16(2)28)31(29,30)26-10-8-25(9-11-26)14-19-20(23)4-3-5-21(19)24/h3-7,13,15H,8-12,14H2,1-2H3. The van der Waals surface area contributed by atoms with Crippen LogP contribution in [0.5, 0.6) is 0 Å². The van der Waals surface area contributed by atoms with Crippen LogP contribution in [-0.4, -0.2) is 55.8 Å². The van der Waals surface area contributed by atoms with E-state index in [4.69, 9.17) is 11.6 Å². The molecule has 0 spiro atoms. The monoisotopic (exact) mass is 465 g/mol. The van der Waals surface area contributed by atoms with E-state index in [-0.39, 0.29) is 22.7 Å². The van der Waals surface area contributed by atoms with E-state index in [1.807, 2.05) is 11.8 Å². The molecule has 2 aromatic carbocycles. The molecule has 2 aliphatic heterocycles. The fourth-order valence-electron chi connectivity index (χ4n) is 4.43. The van der Waals surface area contributed by atoms with Gasteiger partial charge in [0.05, 0.1) is 4.90 Å². The van der Waals surface area contributed by atoms with Crippen LogP contribution in [0.25, 0.3) is 0 Å². The SMILES string of the molecule is CC(=O)N1c2ccc(S(=O)(=O)N3CCN(Cc4c(F)cccc4Cl)CC3)cc2CC1C. The van der Waals surface area contributed by atoms with Gasteiger partial charge in [0.25, 0.3) is 0 Å². The number of anilines is 1. The first kappa shape index (κ1) is 22.2. The maximum atomic E-state index is 14.1. The molecule has 9 heteroatoms. The first-order chi connectivity index (χ1) is 14.7. The molecule has 1 unspecified atom stereocenters. The molecule has 1 atom stereocenters. The maximum Gasteiger partial charge on any atom is 0.243 e. The van der Waals surface area contributed by atoms with Crippen LogP contribution in [0.15, 0.2) is 41.3 Å². The molecule has 2 aromatic rings. The van der Waals surface area contributed by atoms with Crippen LogP contribution in [0.1, 0.15) is 25.0 Å². The minimum absolute atomic E-state index is 0.0132. The third-order valence-corrected chi connectivity index (χ3v) is 8.27. The molecule has 31 heavy (non-hydrogen) atoms. The van der Waals surface area contributed by atoms with Gasteiger partial charge in [-0.15, -0.1) is 0 Å². The third kappa shape index (κ3) is 4.22. The number of carbonyl (C=O) groups excluding carboxylic acids is 1. The number of hydrogen-bond donors (Lipinski definition) is 0. The second-order valence-corrected chi connectivity index (χ2v) is 10.5. The quantitative estimate of drug-likeness (QED) is 0.695. The number of piperazine rings is 1. The summed E-state index contributed by atoms with van der Waals surface area (Å²) in [6, 6.07) is 9.61. The Morgan fingerprint density at radius 3 is 2.52 bits per heavy atom. The Bertz CT molecular complexity index is 1100. The average molecular weight is 466 g/mol. The first-order valence-corrected chi connectivity index (χ1v) is 12.1. The molecule has 166 valence electrons. The smallest absolute Gasteiger partial charge is 0.243 e. The molecule has 0 saturated carbocycles. The highest BCUT2D eigenvalue weighted by Crippen LogP contribution is 2.34. The minimum Gasteiger partial charge on any atom is -0.309 e. The molecule has 0 radical (unpaired) electrons. The molecule has 2 heterocycles. The van der Waals surface area contributed by atoms with E-state index in [2.05, 4.69) is 0 Å². The Labute approximate surface area is 187 Å². The number of carbonyl (C=O) groups is 1. The van der Waals surface area contributed by atoms with Crippen molar-refractivity contribution in [2.75, 3.05) is 31.1 Å². The Kier molecular flexibility index (Phi) is 6.09. The zero-order chi connectivity index (χ0) is 22.3. The first-order valence-electron chi connectivity index (χ1n) is 10.3. The van der Waals surface area contributed by atoms with Gasteiger partial charge in [-0.1, -0.05) is 17.7 Å². The lowest BCUT2D eigenvalue weighted by Gasteiger charge is -2.34. The molecule has 4 rings (SSSR count). The van der Waals surface area contributed by atoms with E-state index in [0.717, 1.165) is 11.3 Å². The van der Waals surface area contributed by atoms with Crippen LogP contribution in [0, 0.1) is 5.82 Å². The topological polar surface area (TPSA) is 60.9 Å². The number of sulfonamides is 1. The van der Waals surface area contributed by atoms with Crippen molar-refractivity contribution in [2.24, 2.45) is 0 Å². The summed E-state index contributed by atoms with van der Waals surface area (Å²) >= 11 is 6.12. The zero-order valence-electron chi connectivity index (χ0n) is 17.5. The lowest BCUT2D eigenvalue weighted by molar-refractivity contribution is -0.116. The molecule has 1 saturated heterocycles. The van der Waals surface area contributed by atoms with E-state index in [1.165, 1.54) is 17.3 Å². The molecule has 0 aromatic heterocycles. The molecule has 1 fully saturated rings. The van der Waals surface area contributed by atoms with E-state index in [0.29, 0.717) is 49.7 Å². The van der Waals surface area contributed by atoms with Crippen molar-refractivity contribution < 1.29 is 17.6 Å². The predicted octanol–water partition coefficient (Wildman–Crippen LogP) is 3.28. The van der Waals surface area contributed by atoms with Crippen molar-refractivity contribution >= 4 is 33.2 Å². The highest BCUT2D eigenvalue weighted by atomic mass is 35.5. The van der Waals surface area contributed by atoms with E-state index < -0.39 is 10.0 Å². The lowest BCUT2D eigenvalue weighted by atomic mass is 10.1. The Morgan fingerprint density at radius 2 is 1.87 bits per heavy atom. The van der Waals surface area contributed by atoms with Gasteiger partial charge >= 0.3 is 0 Å². The number of halogens is 2. The normalized spacial score (nSPS) is 20.1. The van der Waals surface area contributed by atoms with Crippen LogP contribution in [0.3, 0.4) is 0 Å². The molecule has 1 amide bonds. The van der Waals surface area contributed by atoms with Gasteiger partial charge in [-0.2, -0.15) is 4.31 Å².